The van der Waals surface area contributed by atoms with Gasteiger partial charge in [0.1, 0.15) is 5.78 Å². The number of nitrogens with zero attached hydrogens (tertiary/aromatic N) is 2. The summed E-state index contributed by atoms with van der Waals surface area (Å²) >= 11 is 1.58. The zero-order valence-electron chi connectivity index (χ0n) is 9.14. The van der Waals surface area contributed by atoms with E-state index in [-0.39, 0.29) is 11.7 Å². The second-order valence-electron chi connectivity index (χ2n) is 3.54. The Morgan fingerprint density at radius 3 is 3.00 bits per heavy atom. The topological polar surface area (TPSA) is 56.0 Å². The highest BCUT2D eigenvalue weighted by Gasteiger charge is 2.21. The number of thiophene rings is 1. The molecule has 0 radical (unpaired) electrons. The molecule has 0 saturated carbocycles. The largest absolute Gasteiger partial charge is 0.338 e. The van der Waals surface area contributed by atoms with Crippen molar-refractivity contribution in [3.63, 3.8) is 0 Å². The van der Waals surface area contributed by atoms with Gasteiger partial charge in [0, 0.05) is 10.9 Å². The molecule has 0 aromatic carbocycles. The SMILES string of the molecule is CCC(C(C)=O)c1nc(-c2ccsc2)no1. The van der Waals surface area contributed by atoms with Crippen LogP contribution in [0.25, 0.3) is 11.4 Å². The van der Waals surface area contributed by atoms with E-state index in [1.807, 2.05) is 23.8 Å². The Morgan fingerprint density at radius 1 is 1.62 bits per heavy atom. The number of hydrogen-bond donors (Lipinski definition) is 0. The maximum absolute atomic E-state index is 11.3. The molecule has 5 heteroatoms. The molecule has 0 aliphatic carbocycles. The van der Waals surface area contributed by atoms with Crippen molar-refractivity contribution in [1.82, 2.24) is 10.1 Å². The summed E-state index contributed by atoms with van der Waals surface area (Å²) in [6, 6.07) is 1.92. The summed E-state index contributed by atoms with van der Waals surface area (Å²) in [6.07, 6.45) is 0.681. The van der Waals surface area contributed by atoms with E-state index in [1.54, 1.807) is 18.3 Å². The van der Waals surface area contributed by atoms with Crippen molar-refractivity contribution in [3.8, 4) is 11.4 Å². The number of hydrogen-bond acceptors (Lipinski definition) is 5. The fourth-order valence-corrected chi connectivity index (χ4v) is 2.16. The van der Waals surface area contributed by atoms with Gasteiger partial charge in [0.25, 0.3) is 0 Å². The van der Waals surface area contributed by atoms with Gasteiger partial charge in [0.2, 0.25) is 11.7 Å². The molecular weight excluding hydrogens is 224 g/mol. The summed E-state index contributed by atoms with van der Waals surface area (Å²) in [6.45, 7) is 3.48. The zero-order chi connectivity index (χ0) is 11.5. The van der Waals surface area contributed by atoms with E-state index < -0.39 is 0 Å². The number of carbonyl (C=O) groups excluding carboxylic acids is 1. The Kier molecular flexibility index (Phi) is 3.14. The van der Waals surface area contributed by atoms with E-state index in [4.69, 9.17) is 4.52 Å². The summed E-state index contributed by atoms with van der Waals surface area (Å²) in [7, 11) is 0. The molecule has 2 aromatic heterocycles. The van der Waals surface area contributed by atoms with Crippen LogP contribution in [0, 0.1) is 0 Å². The van der Waals surface area contributed by atoms with Crippen molar-refractivity contribution in [3.05, 3.63) is 22.7 Å². The van der Waals surface area contributed by atoms with Crippen LogP contribution in [0.3, 0.4) is 0 Å². The highest BCUT2D eigenvalue weighted by Crippen LogP contribution is 2.23. The van der Waals surface area contributed by atoms with Crippen molar-refractivity contribution in [2.75, 3.05) is 0 Å². The molecule has 0 bridgehead atoms. The minimum Gasteiger partial charge on any atom is -0.338 e. The second-order valence-corrected chi connectivity index (χ2v) is 4.32. The van der Waals surface area contributed by atoms with Gasteiger partial charge in [-0.25, -0.2) is 0 Å². The minimum atomic E-state index is -0.278. The third kappa shape index (κ3) is 2.04. The number of rotatable bonds is 4. The maximum atomic E-state index is 11.3. The Labute approximate surface area is 97.3 Å². The van der Waals surface area contributed by atoms with Gasteiger partial charge in [-0.1, -0.05) is 12.1 Å². The van der Waals surface area contributed by atoms with E-state index in [0.717, 1.165) is 5.56 Å². The van der Waals surface area contributed by atoms with E-state index in [1.165, 1.54) is 0 Å². The molecule has 0 spiro atoms. The normalized spacial score (nSPS) is 12.6. The quantitative estimate of drug-likeness (QED) is 0.819. The van der Waals surface area contributed by atoms with Crippen LogP contribution in [0.2, 0.25) is 0 Å². The molecule has 0 saturated heterocycles. The lowest BCUT2D eigenvalue weighted by atomic mass is 10.0. The van der Waals surface area contributed by atoms with Crippen molar-refractivity contribution in [1.29, 1.82) is 0 Å². The Morgan fingerprint density at radius 2 is 2.44 bits per heavy atom. The van der Waals surface area contributed by atoms with E-state index in [2.05, 4.69) is 10.1 Å². The molecule has 0 aliphatic rings. The van der Waals surface area contributed by atoms with Crippen LogP contribution >= 0.6 is 11.3 Å². The van der Waals surface area contributed by atoms with Crippen molar-refractivity contribution < 1.29 is 9.32 Å². The molecule has 1 unspecified atom stereocenters. The lowest BCUT2D eigenvalue weighted by Gasteiger charge is -2.03. The van der Waals surface area contributed by atoms with Gasteiger partial charge in [-0.15, -0.1) is 0 Å². The lowest BCUT2D eigenvalue weighted by Crippen LogP contribution is -2.07. The van der Waals surface area contributed by atoms with Gasteiger partial charge >= 0.3 is 0 Å². The Bertz CT molecular complexity index is 476. The first-order valence-electron chi connectivity index (χ1n) is 5.09. The van der Waals surface area contributed by atoms with Gasteiger partial charge < -0.3 is 4.52 Å². The smallest absolute Gasteiger partial charge is 0.237 e. The average Bonchev–Trinajstić information content (AvgIpc) is 2.86. The summed E-state index contributed by atoms with van der Waals surface area (Å²) in [5.74, 6) is 0.745. The molecule has 16 heavy (non-hydrogen) atoms. The standard InChI is InChI=1S/C11H12N2O2S/c1-3-9(7(2)14)11-12-10(13-15-11)8-4-5-16-6-8/h4-6,9H,3H2,1-2H3. The van der Waals surface area contributed by atoms with E-state index in [9.17, 15) is 4.79 Å². The van der Waals surface area contributed by atoms with Gasteiger partial charge in [0.15, 0.2) is 0 Å². The summed E-state index contributed by atoms with van der Waals surface area (Å²) in [5.41, 5.74) is 0.929. The van der Waals surface area contributed by atoms with Crippen molar-refractivity contribution in [2.24, 2.45) is 0 Å². The van der Waals surface area contributed by atoms with Crippen LogP contribution in [0.15, 0.2) is 21.3 Å². The van der Waals surface area contributed by atoms with Gasteiger partial charge in [-0.05, 0) is 24.8 Å². The molecule has 1 atom stereocenters. The number of Topliss-reactive ketones (excluding diaryl/α,β-unsaturated/α-hetero) is 1. The third-order valence-electron chi connectivity index (χ3n) is 2.42. The minimum absolute atomic E-state index is 0.0584. The first kappa shape index (κ1) is 11.0. The Balaban J connectivity index is 2.29. The van der Waals surface area contributed by atoms with Gasteiger partial charge in [-0.2, -0.15) is 16.3 Å². The second kappa shape index (κ2) is 4.57. The average molecular weight is 236 g/mol. The fraction of sp³-hybridized carbons (Fsp3) is 0.364. The Hall–Kier alpha value is -1.49. The van der Waals surface area contributed by atoms with E-state index >= 15 is 0 Å². The lowest BCUT2D eigenvalue weighted by molar-refractivity contribution is -0.119. The molecule has 0 fully saturated rings. The molecule has 2 heterocycles. The van der Waals surface area contributed by atoms with E-state index in [0.29, 0.717) is 18.1 Å². The molecule has 84 valence electrons. The van der Waals surface area contributed by atoms with Crippen LogP contribution in [0.4, 0.5) is 0 Å². The van der Waals surface area contributed by atoms with Gasteiger partial charge in [0.05, 0.1) is 5.92 Å². The fourth-order valence-electron chi connectivity index (χ4n) is 1.52. The number of ketones is 1. The molecule has 0 N–H and O–H groups in total. The number of carbonyl (C=O) groups is 1. The van der Waals surface area contributed by atoms with Crippen LogP contribution < -0.4 is 0 Å². The predicted octanol–water partition coefficient (Wildman–Crippen LogP) is 2.88. The van der Waals surface area contributed by atoms with Gasteiger partial charge in [-0.3, -0.25) is 4.79 Å². The summed E-state index contributed by atoms with van der Waals surface area (Å²) < 4.78 is 5.13. The van der Waals surface area contributed by atoms with Crippen molar-refractivity contribution in [2.45, 2.75) is 26.2 Å². The first-order chi connectivity index (χ1) is 7.72. The van der Waals surface area contributed by atoms with Crippen LogP contribution in [0.5, 0.6) is 0 Å². The summed E-state index contributed by atoms with van der Waals surface area (Å²) in [5, 5.41) is 7.78. The molecule has 0 amide bonds. The highest BCUT2D eigenvalue weighted by molar-refractivity contribution is 7.08. The molecule has 0 aliphatic heterocycles. The maximum Gasteiger partial charge on any atom is 0.237 e. The predicted molar refractivity (Wildman–Crippen MR) is 61.3 cm³/mol. The van der Waals surface area contributed by atoms with Crippen LogP contribution in [-0.4, -0.2) is 15.9 Å². The molecule has 2 aromatic rings. The van der Waals surface area contributed by atoms with Crippen LogP contribution in [0.1, 0.15) is 32.1 Å². The third-order valence-corrected chi connectivity index (χ3v) is 3.10. The van der Waals surface area contributed by atoms with Crippen LogP contribution in [-0.2, 0) is 4.79 Å². The monoisotopic (exact) mass is 236 g/mol. The van der Waals surface area contributed by atoms with Crippen molar-refractivity contribution >= 4 is 17.1 Å². The zero-order valence-corrected chi connectivity index (χ0v) is 9.95. The molecule has 2 rings (SSSR count). The summed E-state index contributed by atoms with van der Waals surface area (Å²) in [4.78, 5) is 15.6. The highest BCUT2D eigenvalue weighted by atomic mass is 32.1. The number of aromatic nitrogens is 2. The molecular formula is C11H12N2O2S. The molecule has 4 nitrogen and oxygen atoms in total. The first-order valence-corrected chi connectivity index (χ1v) is 6.03.